The standard InChI is InChI=1S/C21H22F3N5O2S/c1-12(2)25-18-11-19(26-14-8-13(22)9-15(10-14)32(4,30)31)29-20(28-18)16-6-5-7-17(27-16)21(3,23)24/h5-12H,1-4H3,(H2,25,26,28,29). The number of alkyl halides is 2. The summed E-state index contributed by atoms with van der Waals surface area (Å²) in [5.74, 6) is -3.26. The van der Waals surface area contributed by atoms with Gasteiger partial charge in [-0.25, -0.2) is 27.8 Å². The maximum atomic E-state index is 14.0. The first-order valence-corrected chi connectivity index (χ1v) is 11.5. The molecule has 0 radical (unpaired) electrons. The number of anilines is 3. The summed E-state index contributed by atoms with van der Waals surface area (Å²) in [6, 6.07) is 8.96. The van der Waals surface area contributed by atoms with Gasteiger partial charge in [0.15, 0.2) is 15.7 Å². The fraction of sp³-hybridized carbons (Fsp3) is 0.286. The fourth-order valence-electron chi connectivity index (χ4n) is 2.80. The summed E-state index contributed by atoms with van der Waals surface area (Å²) in [5, 5.41) is 5.95. The quantitative estimate of drug-likeness (QED) is 0.519. The molecule has 0 aliphatic heterocycles. The molecule has 170 valence electrons. The summed E-state index contributed by atoms with van der Waals surface area (Å²) in [4.78, 5) is 12.4. The minimum absolute atomic E-state index is 0.00382. The molecule has 0 amide bonds. The second-order valence-corrected chi connectivity index (χ2v) is 9.65. The van der Waals surface area contributed by atoms with Crippen LogP contribution in [0.15, 0.2) is 47.4 Å². The van der Waals surface area contributed by atoms with E-state index in [9.17, 15) is 21.6 Å². The lowest BCUT2D eigenvalue weighted by Gasteiger charge is -2.15. The molecule has 0 saturated heterocycles. The van der Waals surface area contributed by atoms with Crippen molar-refractivity contribution in [3.8, 4) is 11.5 Å². The van der Waals surface area contributed by atoms with Crippen molar-refractivity contribution >= 4 is 27.2 Å². The van der Waals surface area contributed by atoms with Crippen LogP contribution in [0.1, 0.15) is 26.5 Å². The van der Waals surface area contributed by atoms with Gasteiger partial charge in [-0.2, -0.15) is 8.78 Å². The van der Waals surface area contributed by atoms with E-state index in [0.717, 1.165) is 25.3 Å². The average Bonchev–Trinajstić information content (AvgIpc) is 2.65. The van der Waals surface area contributed by atoms with E-state index in [0.29, 0.717) is 5.82 Å². The molecule has 1 aromatic carbocycles. The van der Waals surface area contributed by atoms with E-state index >= 15 is 0 Å². The molecule has 7 nitrogen and oxygen atoms in total. The topological polar surface area (TPSA) is 96.9 Å². The van der Waals surface area contributed by atoms with E-state index < -0.39 is 27.3 Å². The Morgan fingerprint density at radius 2 is 1.69 bits per heavy atom. The van der Waals surface area contributed by atoms with E-state index in [1.54, 1.807) is 0 Å². The Bertz CT molecular complexity index is 1240. The van der Waals surface area contributed by atoms with E-state index in [-0.39, 0.29) is 34.0 Å². The first-order chi connectivity index (χ1) is 14.8. The first-order valence-electron chi connectivity index (χ1n) is 9.60. The number of hydrogen-bond acceptors (Lipinski definition) is 7. The van der Waals surface area contributed by atoms with Crippen LogP contribution in [0.2, 0.25) is 0 Å². The van der Waals surface area contributed by atoms with Crippen molar-refractivity contribution in [2.24, 2.45) is 0 Å². The molecule has 2 N–H and O–H groups in total. The summed E-state index contributed by atoms with van der Waals surface area (Å²) in [7, 11) is -3.64. The molecule has 0 aliphatic rings. The lowest BCUT2D eigenvalue weighted by molar-refractivity contribution is 0.0129. The van der Waals surface area contributed by atoms with Gasteiger partial charge in [-0.15, -0.1) is 0 Å². The number of aromatic nitrogens is 3. The van der Waals surface area contributed by atoms with E-state index in [1.165, 1.54) is 30.3 Å². The van der Waals surface area contributed by atoms with Crippen molar-refractivity contribution in [3.05, 3.63) is 54.0 Å². The Balaban J connectivity index is 2.07. The second kappa shape index (κ2) is 8.73. The Morgan fingerprint density at radius 1 is 1.00 bits per heavy atom. The molecule has 32 heavy (non-hydrogen) atoms. The molecule has 0 bridgehead atoms. The average molecular weight is 466 g/mol. The fourth-order valence-corrected chi connectivity index (χ4v) is 3.46. The zero-order valence-electron chi connectivity index (χ0n) is 17.8. The Kier molecular flexibility index (Phi) is 6.40. The van der Waals surface area contributed by atoms with Gasteiger partial charge in [0.2, 0.25) is 0 Å². The Hall–Kier alpha value is -3.21. The lowest BCUT2D eigenvalue weighted by Crippen LogP contribution is -2.13. The van der Waals surface area contributed by atoms with Gasteiger partial charge in [-0.3, -0.25) is 0 Å². The Morgan fingerprint density at radius 3 is 2.31 bits per heavy atom. The van der Waals surface area contributed by atoms with Crippen LogP contribution in [0, 0.1) is 5.82 Å². The monoisotopic (exact) mass is 465 g/mol. The van der Waals surface area contributed by atoms with Crippen LogP contribution in [0.5, 0.6) is 0 Å². The molecule has 3 aromatic rings. The molecule has 3 rings (SSSR count). The minimum Gasteiger partial charge on any atom is -0.368 e. The highest BCUT2D eigenvalue weighted by atomic mass is 32.2. The molecular formula is C21H22F3N5O2S. The molecule has 2 aromatic heterocycles. The summed E-state index contributed by atoms with van der Waals surface area (Å²) in [6.45, 7) is 4.51. The van der Waals surface area contributed by atoms with E-state index in [4.69, 9.17) is 0 Å². The molecule has 11 heteroatoms. The van der Waals surface area contributed by atoms with E-state index in [1.807, 2.05) is 13.8 Å². The van der Waals surface area contributed by atoms with Crippen LogP contribution in [0.4, 0.5) is 30.5 Å². The smallest absolute Gasteiger partial charge is 0.286 e. The number of benzene rings is 1. The van der Waals surface area contributed by atoms with Crippen molar-refractivity contribution in [3.63, 3.8) is 0 Å². The lowest BCUT2D eigenvalue weighted by atomic mass is 10.2. The summed E-state index contributed by atoms with van der Waals surface area (Å²) in [6.07, 6.45) is 0.973. The molecule has 0 unspecified atom stereocenters. The summed E-state index contributed by atoms with van der Waals surface area (Å²) >= 11 is 0. The van der Waals surface area contributed by atoms with Crippen molar-refractivity contribution in [1.82, 2.24) is 15.0 Å². The first kappa shape index (κ1) is 23.5. The van der Waals surface area contributed by atoms with Gasteiger partial charge in [0.05, 0.1) is 4.90 Å². The van der Waals surface area contributed by atoms with Crippen LogP contribution >= 0.6 is 0 Å². The third kappa shape index (κ3) is 5.94. The SMILES string of the molecule is CC(C)Nc1cc(Nc2cc(F)cc(S(C)(=O)=O)c2)nc(-c2cccc(C(C)(F)F)n2)n1. The molecule has 2 heterocycles. The highest BCUT2D eigenvalue weighted by Gasteiger charge is 2.26. The second-order valence-electron chi connectivity index (χ2n) is 7.63. The number of nitrogens with one attached hydrogen (secondary N) is 2. The van der Waals surface area contributed by atoms with Gasteiger partial charge in [-0.1, -0.05) is 6.07 Å². The predicted octanol–water partition coefficient (Wildman–Crippen LogP) is 4.76. The molecule has 0 aliphatic carbocycles. The van der Waals surface area contributed by atoms with Crippen LogP contribution in [0.25, 0.3) is 11.5 Å². The van der Waals surface area contributed by atoms with Gasteiger partial charge in [-0.05, 0) is 44.2 Å². The van der Waals surface area contributed by atoms with Crippen LogP contribution < -0.4 is 10.6 Å². The van der Waals surface area contributed by atoms with Gasteiger partial charge in [0.25, 0.3) is 5.92 Å². The van der Waals surface area contributed by atoms with Crippen LogP contribution in [-0.2, 0) is 15.8 Å². The van der Waals surface area contributed by atoms with E-state index in [2.05, 4.69) is 25.6 Å². The van der Waals surface area contributed by atoms with Gasteiger partial charge in [0, 0.05) is 31.0 Å². The zero-order valence-corrected chi connectivity index (χ0v) is 18.6. The highest BCUT2D eigenvalue weighted by molar-refractivity contribution is 7.90. The maximum absolute atomic E-state index is 14.0. The number of hydrogen-bond donors (Lipinski definition) is 2. The molecule has 0 saturated carbocycles. The molecule has 0 atom stereocenters. The van der Waals surface area contributed by atoms with Crippen LogP contribution in [-0.4, -0.2) is 35.7 Å². The summed E-state index contributed by atoms with van der Waals surface area (Å²) < 4.78 is 65.1. The third-order valence-electron chi connectivity index (χ3n) is 4.16. The molecule has 0 fully saturated rings. The number of halogens is 3. The van der Waals surface area contributed by atoms with Crippen LogP contribution in [0.3, 0.4) is 0 Å². The van der Waals surface area contributed by atoms with Gasteiger partial charge >= 0.3 is 0 Å². The number of sulfone groups is 1. The third-order valence-corrected chi connectivity index (χ3v) is 5.25. The minimum atomic E-state index is -3.64. The van der Waals surface area contributed by atoms with Crippen molar-refractivity contribution in [2.75, 3.05) is 16.9 Å². The van der Waals surface area contributed by atoms with Crippen molar-refractivity contribution in [1.29, 1.82) is 0 Å². The normalized spacial score (nSPS) is 12.1. The van der Waals surface area contributed by atoms with Crippen molar-refractivity contribution < 1.29 is 21.6 Å². The van der Waals surface area contributed by atoms with Gasteiger partial charge in [0.1, 0.15) is 28.8 Å². The predicted molar refractivity (Wildman–Crippen MR) is 116 cm³/mol. The number of pyridine rings is 1. The Labute approximate surface area is 184 Å². The largest absolute Gasteiger partial charge is 0.368 e. The summed E-state index contributed by atoms with van der Waals surface area (Å²) in [5.41, 5.74) is -0.166. The number of nitrogens with zero attached hydrogens (tertiary/aromatic N) is 3. The maximum Gasteiger partial charge on any atom is 0.286 e. The molecular weight excluding hydrogens is 443 g/mol. The van der Waals surface area contributed by atoms with Gasteiger partial charge < -0.3 is 10.6 Å². The van der Waals surface area contributed by atoms with Crippen molar-refractivity contribution in [2.45, 2.75) is 37.6 Å². The number of rotatable bonds is 7. The zero-order chi connectivity index (χ0) is 23.7. The highest BCUT2D eigenvalue weighted by Crippen LogP contribution is 2.28. The molecule has 0 spiro atoms.